The average Bonchev–Trinajstić information content (AvgIpc) is 3.39. The standard InChI is InChI=1S/C9H18O2.C9H16.C9H20.C3H8.C2H6/c1-3-5-6-7-8-9(10)11-4-2;1-3-8(2)9-6-4-5-7-9;1-3-5-7-9-8-6-4-2;1-3-2;1-2/h3-8H2,1-2H3;3,9H,4-7H2,1-2H3;3-9H2,1-2H3;3H2,1-2H3;1-2H3. The van der Waals surface area contributed by atoms with E-state index >= 15 is 0 Å². The van der Waals surface area contributed by atoms with Crippen molar-refractivity contribution >= 4 is 5.97 Å². The Hall–Kier alpha value is -0.790. The molecule has 0 bridgehead atoms. The van der Waals surface area contributed by atoms with Gasteiger partial charge in [-0.15, -0.1) is 0 Å². The third-order valence-corrected chi connectivity index (χ3v) is 5.70. The summed E-state index contributed by atoms with van der Waals surface area (Å²) in [6, 6.07) is 0. The lowest BCUT2D eigenvalue weighted by molar-refractivity contribution is -0.143. The fraction of sp³-hybridized carbons (Fsp3) is 0.906. The molecule has 1 aliphatic carbocycles. The van der Waals surface area contributed by atoms with Gasteiger partial charge in [0.1, 0.15) is 0 Å². The summed E-state index contributed by atoms with van der Waals surface area (Å²) < 4.78 is 4.78. The summed E-state index contributed by atoms with van der Waals surface area (Å²) in [5.74, 6) is 0.888. The van der Waals surface area contributed by atoms with Crippen LogP contribution in [-0.4, -0.2) is 12.6 Å². The molecular weight excluding hydrogens is 416 g/mol. The molecule has 0 saturated heterocycles. The molecule has 1 rings (SSSR count). The van der Waals surface area contributed by atoms with Crippen LogP contribution >= 0.6 is 0 Å². The molecule has 0 unspecified atom stereocenters. The van der Waals surface area contributed by atoms with E-state index in [-0.39, 0.29) is 5.97 Å². The minimum Gasteiger partial charge on any atom is -0.466 e. The molecule has 2 nitrogen and oxygen atoms in total. The summed E-state index contributed by atoms with van der Waals surface area (Å²) in [6.07, 6.45) is 24.4. The monoisotopic (exact) mass is 485 g/mol. The number of allylic oxidation sites excluding steroid dienone is 2. The van der Waals surface area contributed by atoms with Crippen LogP contribution < -0.4 is 0 Å². The number of hydrogen-bond acceptors (Lipinski definition) is 2. The van der Waals surface area contributed by atoms with Gasteiger partial charge in [-0.3, -0.25) is 4.79 Å². The highest BCUT2D eigenvalue weighted by atomic mass is 16.5. The van der Waals surface area contributed by atoms with Gasteiger partial charge in [0.05, 0.1) is 6.61 Å². The quantitative estimate of drug-likeness (QED) is 0.147. The van der Waals surface area contributed by atoms with Gasteiger partial charge in [-0.2, -0.15) is 0 Å². The lowest BCUT2D eigenvalue weighted by Crippen LogP contribution is -2.02. The largest absolute Gasteiger partial charge is 0.466 e. The average molecular weight is 485 g/mol. The Kier molecular flexibility index (Phi) is 46.8. The summed E-state index contributed by atoms with van der Waals surface area (Å²) in [4.78, 5) is 10.8. The smallest absolute Gasteiger partial charge is 0.305 e. The molecule has 0 amide bonds. The van der Waals surface area contributed by atoms with Gasteiger partial charge in [-0.1, -0.05) is 144 Å². The maximum absolute atomic E-state index is 10.8. The Morgan fingerprint density at radius 2 is 1.12 bits per heavy atom. The highest BCUT2D eigenvalue weighted by molar-refractivity contribution is 5.69. The fourth-order valence-corrected chi connectivity index (χ4v) is 3.58. The lowest BCUT2D eigenvalue weighted by atomic mass is 9.99. The van der Waals surface area contributed by atoms with Crippen molar-refractivity contribution in [1.29, 1.82) is 0 Å². The summed E-state index contributed by atoms with van der Waals surface area (Å²) in [5.41, 5.74) is 1.60. The van der Waals surface area contributed by atoms with Crippen molar-refractivity contribution in [3.63, 3.8) is 0 Å². The van der Waals surface area contributed by atoms with Crippen LogP contribution in [0.15, 0.2) is 11.6 Å². The molecule has 1 saturated carbocycles. The maximum atomic E-state index is 10.8. The molecule has 0 N–H and O–H groups in total. The van der Waals surface area contributed by atoms with Crippen molar-refractivity contribution in [1.82, 2.24) is 0 Å². The zero-order valence-electron chi connectivity index (χ0n) is 25.7. The summed E-state index contributed by atoms with van der Waals surface area (Å²) in [7, 11) is 0. The van der Waals surface area contributed by atoms with Crippen LogP contribution in [0.4, 0.5) is 0 Å². The number of carbonyl (C=O) groups excluding carboxylic acids is 1. The number of carbonyl (C=O) groups is 1. The molecular formula is C32H68O2. The Morgan fingerprint density at radius 3 is 1.47 bits per heavy atom. The summed E-state index contributed by atoms with van der Waals surface area (Å²) in [5, 5.41) is 0. The van der Waals surface area contributed by atoms with Crippen LogP contribution in [0.5, 0.6) is 0 Å². The van der Waals surface area contributed by atoms with E-state index in [1.54, 1.807) is 5.57 Å². The van der Waals surface area contributed by atoms with Crippen molar-refractivity contribution in [3.8, 4) is 0 Å². The van der Waals surface area contributed by atoms with E-state index in [1.165, 1.54) is 89.9 Å². The highest BCUT2D eigenvalue weighted by Crippen LogP contribution is 2.30. The van der Waals surface area contributed by atoms with Crippen molar-refractivity contribution < 1.29 is 9.53 Å². The molecule has 34 heavy (non-hydrogen) atoms. The molecule has 0 spiro atoms. The molecule has 1 fully saturated rings. The first-order valence-corrected chi connectivity index (χ1v) is 15.3. The zero-order chi connectivity index (χ0) is 26.9. The highest BCUT2D eigenvalue weighted by Gasteiger charge is 2.15. The number of ether oxygens (including phenoxy) is 1. The second kappa shape index (κ2) is 39.4. The molecule has 208 valence electrons. The van der Waals surface area contributed by atoms with E-state index < -0.39 is 0 Å². The van der Waals surface area contributed by atoms with Crippen LogP contribution in [0.2, 0.25) is 0 Å². The molecule has 0 aliphatic heterocycles. The van der Waals surface area contributed by atoms with Crippen LogP contribution in [0.3, 0.4) is 0 Å². The fourth-order valence-electron chi connectivity index (χ4n) is 3.58. The molecule has 1 aliphatic rings. The Bertz CT molecular complexity index is 361. The topological polar surface area (TPSA) is 26.3 Å². The Balaban J connectivity index is -0.000000182. The summed E-state index contributed by atoms with van der Waals surface area (Å²) in [6.45, 7) is 21.7. The molecule has 0 aromatic carbocycles. The van der Waals surface area contributed by atoms with Crippen molar-refractivity contribution in [2.45, 2.75) is 178 Å². The third kappa shape index (κ3) is 38.5. The first-order chi connectivity index (χ1) is 16.5. The van der Waals surface area contributed by atoms with Crippen molar-refractivity contribution in [2.24, 2.45) is 5.92 Å². The number of hydrogen-bond donors (Lipinski definition) is 0. The van der Waals surface area contributed by atoms with E-state index in [9.17, 15) is 4.79 Å². The van der Waals surface area contributed by atoms with Crippen LogP contribution in [0, 0.1) is 5.92 Å². The lowest BCUT2D eigenvalue weighted by Gasteiger charge is -2.07. The van der Waals surface area contributed by atoms with Gasteiger partial charge in [0, 0.05) is 6.42 Å². The second-order valence-corrected chi connectivity index (χ2v) is 9.10. The third-order valence-electron chi connectivity index (χ3n) is 5.70. The molecule has 0 heterocycles. The van der Waals surface area contributed by atoms with Crippen molar-refractivity contribution in [2.75, 3.05) is 6.61 Å². The van der Waals surface area contributed by atoms with E-state index in [1.807, 2.05) is 20.8 Å². The Morgan fingerprint density at radius 1 is 0.735 bits per heavy atom. The minimum absolute atomic E-state index is 0.0522. The maximum Gasteiger partial charge on any atom is 0.305 e. The van der Waals surface area contributed by atoms with E-state index in [0.29, 0.717) is 13.0 Å². The second-order valence-electron chi connectivity index (χ2n) is 9.10. The van der Waals surface area contributed by atoms with Gasteiger partial charge < -0.3 is 4.74 Å². The van der Waals surface area contributed by atoms with Gasteiger partial charge in [0.2, 0.25) is 0 Å². The first-order valence-electron chi connectivity index (χ1n) is 15.3. The van der Waals surface area contributed by atoms with Gasteiger partial charge in [-0.25, -0.2) is 0 Å². The first kappa shape index (κ1) is 40.4. The van der Waals surface area contributed by atoms with Gasteiger partial charge in [0.25, 0.3) is 0 Å². The van der Waals surface area contributed by atoms with E-state index in [4.69, 9.17) is 4.74 Å². The van der Waals surface area contributed by atoms with E-state index in [0.717, 1.165) is 18.8 Å². The number of unbranched alkanes of at least 4 members (excludes halogenated alkanes) is 9. The van der Waals surface area contributed by atoms with Gasteiger partial charge in [-0.05, 0) is 46.0 Å². The van der Waals surface area contributed by atoms with Crippen LogP contribution in [-0.2, 0) is 9.53 Å². The minimum atomic E-state index is -0.0522. The molecule has 0 atom stereocenters. The van der Waals surface area contributed by atoms with Crippen molar-refractivity contribution in [3.05, 3.63) is 11.6 Å². The number of rotatable bonds is 13. The van der Waals surface area contributed by atoms with E-state index in [2.05, 4.69) is 54.5 Å². The number of esters is 1. The molecule has 0 aromatic heterocycles. The normalized spacial score (nSPS) is 12.6. The molecule has 0 radical (unpaired) electrons. The van der Waals surface area contributed by atoms with Crippen LogP contribution in [0.1, 0.15) is 178 Å². The SMILES string of the molecule is CC.CC=C(C)C1CCCC1.CCC.CCCCCCC(=O)OCC.CCCCCCCCC. The van der Waals surface area contributed by atoms with Crippen LogP contribution in [0.25, 0.3) is 0 Å². The predicted octanol–water partition coefficient (Wildman–Crippen LogP) is 11.9. The van der Waals surface area contributed by atoms with Gasteiger partial charge in [0.15, 0.2) is 0 Å². The van der Waals surface area contributed by atoms with Gasteiger partial charge >= 0.3 is 5.97 Å². The molecule has 2 heteroatoms. The molecule has 0 aromatic rings. The summed E-state index contributed by atoms with van der Waals surface area (Å²) >= 11 is 0. The predicted molar refractivity (Wildman–Crippen MR) is 158 cm³/mol. The zero-order valence-corrected chi connectivity index (χ0v) is 25.7. The Labute approximate surface area is 218 Å².